The molecule has 6 nitrogen and oxygen atoms in total. The first-order chi connectivity index (χ1) is 10.5. The van der Waals surface area contributed by atoms with E-state index in [0.29, 0.717) is 6.54 Å². The molecule has 0 radical (unpaired) electrons. The molecule has 1 aromatic rings. The van der Waals surface area contributed by atoms with E-state index in [0.717, 1.165) is 48.8 Å². The van der Waals surface area contributed by atoms with E-state index in [1.165, 1.54) is 6.42 Å². The zero-order chi connectivity index (χ0) is 16.2. The van der Waals surface area contributed by atoms with Gasteiger partial charge in [0.25, 0.3) is 0 Å². The van der Waals surface area contributed by atoms with E-state index in [2.05, 4.69) is 27.7 Å². The van der Waals surface area contributed by atoms with Gasteiger partial charge in [0, 0.05) is 31.1 Å². The van der Waals surface area contributed by atoms with Crippen LogP contribution in [0.25, 0.3) is 0 Å². The number of rotatable bonds is 4. The highest BCUT2D eigenvalue weighted by molar-refractivity contribution is 5.79. The minimum Gasteiger partial charge on any atom is -0.392 e. The van der Waals surface area contributed by atoms with Gasteiger partial charge in [-0.25, -0.2) is 0 Å². The van der Waals surface area contributed by atoms with Gasteiger partial charge in [-0.05, 0) is 26.7 Å². The second-order valence-electron chi connectivity index (χ2n) is 6.50. The molecule has 0 aromatic carbocycles. The fourth-order valence-corrected chi connectivity index (χ4v) is 3.02. The maximum atomic E-state index is 10.2. The summed E-state index contributed by atoms with van der Waals surface area (Å²) >= 11 is 0. The van der Waals surface area contributed by atoms with Crippen molar-refractivity contribution in [3.63, 3.8) is 0 Å². The molecule has 0 bridgehead atoms. The molecule has 0 saturated heterocycles. The Hall–Kier alpha value is -1.56. The van der Waals surface area contributed by atoms with Crippen molar-refractivity contribution < 1.29 is 9.63 Å². The average Bonchev–Trinajstić information content (AvgIpc) is 2.82. The largest absolute Gasteiger partial charge is 0.392 e. The van der Waals surface area contributed by atoms with Crippen molar-refractivity contribution in [1.82, 2.24) is 15.8 Å². The van der Waals surface area contributed by atoms with Crippen molar-refractivity contribution in [2.45, 2.75) is 59.1 Å². The fraction of sp³-hybridized carbons (Fsp3) is 0.750. The van der Waals surface area contributed by atoms with E-state index < -0.39 is 0 Å². The minimum absolute atomic E-state index is 0.0844. The van der Waals surface area contributed by atoms with Crippen LogP contribution in [-0.2, 0) is 6.54 Å². The molecule has 2 rings (SSSR count). The third-order valence-electron chi connectivity index (χ3n) is 4.78. The van der Waals surface area contributed by atoms with Gasteiger partial charge in [-0.15, -0.1) is 0 Å². The molecule has 124 valence electrons. The van der Waals surface area contributed by atoms with Crippen LogP contribution >= 0.6 is 0 Å². The second-order valence-corrected chi connectivity index (χ2v) is 6.50. The van der Waals surface area contributed by atoms with Crippen molar-refractivity contribution >= 4 is 5.96 Å². The Morgan fingerprint density at radius 2 is 2.18 bits per heavy atom. The predicted octanol–water partition coefficient (Wildman–Crippen LogP) is 1.90. The van der Waals surface area contributed by atoms with Gasteiger partial charge in [0.05, 0.1) is 11.8 Å². The van der Waals surface area contributed by atoms with Gasteiger partial charge in [0.1, 0.15) is 5.76 Å². The van der Waals surface area contributed by atoms with Gasteiger partial charge in [0.2, 0.25) is 0 Å². The fourth-order valence-electron chi connectivity index (χ4n) is 3.02. The molecule has 2 unspecified atom stereocenters. The Bertz CT molecular complexity index is 507. The lowest BCUT2D eigenvalue weighted by Crippen LogP contribution is -2.48. The van der Waals surface area contributed by atoms with E-state index in [4.69, 9.17) is 4.52 Å². The maximum Gasteiger partial charge on any atom is 0.191 e. The Morgan fingerprint density at radius 3 is 2.77 bits per heavy atom. The summed E-state index contributed by atoms with van der Waals surface area (Å²) in [7, 11) is 1.75. The third kappa shape index (κ3) is 3.80. The molecular formula is C16H28N4O2. The number of hydrogen-bond donors (Lipinski definition) is 3. The number of aryl methyl sites for hydroxylation is 2. The first kappa shape index (κ1) is 16.8. The van der Waals surface area contributed by atoms with Crippen LogP contribution in [0.4, 0.5) is 0 Å². The number of aliphatic imine (C=N–C) groups is 1. The first-order valence-electron chi connectivity index (χ1n) is 8.00. The molecule has 22 heavy (non-hydrogen) atoms. The monoisotopic (exact) mass is 308 g/mol. The summed E-state index contributed by atoms with van der Waals surface area (Å²) in [5.41, 5.74) is 1.88. The van der Waals surface area contributed by atoms with Crippen LogP contribution in [0.2, 0.25) is 0 Å². The molecule has 1 heterocycles. The molecule has 6 heteroatoms. The Labute approximate surface area is 132 Å². The number of aliphatic hydroxyl groups excluding tert-OH is 1. The van der Waals surface area contributed by atoms with Crippen LogP contribution in [0.5, 0.6) is 0 Å². The van der Waals surface area contributed by atoms with Crippen molar-refractivity contribution in [1.29, 1.82) is 0 Å². The van der Waals surface area contributed by atoms with Gasteiger partial charge < -0.3 is 20.3 Å². The Kier molecular flexibility index (Phi) is 5.45. The first-order valence-corrected chi connectivity index (χ1v) is 8.00. The Balaban J connectivity index is 1.88. The molecule has 2 atom stereocenters. The number of guanidine groups is 1. The van der Waals surface area contributed by atoms with Crippen LogP contribution in [-0.4, -0.2) is 35.9 Å². The SMILES string of the molecule is CN=C(NCc1c(C)noc1C)NCC1(C)CCCCC1O. The van der Waals surface area contributed by atoms with Crippen molar-refractivity contribution in [3.8, 4) is 0 Å². The van der Waals surface area contributed by atoms with E-state index in [1.54, 1.807) is 7.05 Å². The van der Waals surface area contributed by atoms with Gasteiger partial charge >= 0.3 is 0 Å². The minimum atomic E-state index is -0.241. The topological polar surface area (TPSA) is 82.7 Å². The van der Waals surface area contributed by atoms with Gasteiger partial charge in [-0.1, -0.05) is 24.9 Å². The molecule has 0 spiro atoms. The van der Waals surface area contributed by atoms with Crippen LogP contribution in [0.3, 0.4) is 0 Å². The lowest BCUT2D eigenvalue weighted by molar-refractivity contribution is 0.00397. The zero-order valence-corrected chi connectivity index (χ0v) is 14.1. The number of nitrogens with zero attached hydrogens (tertiary/aromatic N) is 2. The number of nitrogens with one attached hydrogen (secondary N) is 2. The predicted molar refractivity (Wildman–Crippen MR) is 86.8 cm³/mol. The average molecular weight is 308 g/mol. The molecule has 1 fully saturated rings. The van der Waals surface area contributed by atoms with Crippen LogP contribution in [0.1, 0.15) is 49.6 Å². The van der Waals surface area contributed by atoms with Gasteiger partial charge in [-0.3, -0.25) is 4.99 Å². The van der Waals surface area contributed by atoms with Gasteiger partial charge in [-0.2, -0.15) is 0 Å². The molecule has 1 aromatic heterocycles. The second kappa shape index (κ2) is 7.13. The standard InChI is InChI=1S/C16H28N4O2/c1-11-13(12(2)22-20-11)9-18-15(17-4)19-10-16(3)8-6-5-7-14(16)21/h14,21H,5-10H2,1-4H3,(H2,17,18,19). The van der Waals surface area contributed by atoms with Crippen LogP contribution < -0.4 is 10.6 Å². The zero-order valence-electron chi connectivity index (χ0n) is 14.1. The lowest BCUT2D eigenvalue weighted by atomic mass is 9.73. The maximum absolute atomic E-state index is 10.2. The highest BCUT2D eigenvalue weighted by atomic mass is 16.5. The summed E-state index contributed by atoms with van der Waals surface area (Å²) in [5.74, 6) is 1.56. The number of aromatic nitrogens is 1. The van der Waals surface area contributed by atoms with Crippen LogP contribution in [0, 0.1) is 19.3 Å². The van der Waals surface area contributed by atoms with Gasteiger partial charge in [0.15, 0.2) is 5.96 Å². The highest BCUT2D eigenvalue weighted by Gasteiger charge is 2.35. The van der Waals surface area contributed by atoms with Crippen molar-refractivity contribution in [3.05, 3.63) is 17.0 Å². The lowest BCUT2D eigenvalue weighted by Gasteiger charge is -2.38. The summed E-state index contributed by atoms with van der Waals surface area (Å²) in [4.78, 5) is 4.25. The number of aliphatic hydroxyl groups is 1. The van der Waals surface area contributed by atoms with Crippen molar-refractivity contribution in [2.24, 2.45) is 10.4 Å². The molecule has 1 aliphatic carbocycles. The van der Waals surface area contributed by atoms with E-state index in [-0.39, 0.29) is 11.5 Å². The Morgan fingerprint density at radius 1 is 1.41 bits per heavy atom. The molecule has 0 aliphatic heterocycles. The van der Waals surface area contributed by atoms with E-state index >= 15 is 0 Å². The normalized spacial score (nSPS) is 26.0. The van der Waals surface area contributed by atoms with E-state index in [9.17, 15) is 5.11 Å². The molecule has 1 aliphatic rings. The highest BCUT2D eigenvalue weighted by Crippen LogP contribution is 2.35. The van der Waals surface area contributed by atoms with E-state index in [1.807, 2.05) is 13.8 Å². The molecule has 0 amide bonds. The summed E-state index contributed by atoms with van der Waals surface area (Å²) in [6.07, 6.45) is 4.00. The summed E-state index contributed by atoms with van der Waals surface area (Å²) < 4.78 is 5.16. The summed E-state index contributed by atoms with van der Waals surface area (Å²) in [5, 5.41) is 20.8. The third-order valence-corrected chi connectivity index (χ3v) is 4.78. The quantitative estimate of drug-likeness (QED) is 0.584. The summed E-state index contributed by atoms with van der Waals surface area (Å²) in [6.45, 7) is 7.33. The number of hydrogen-bond acceptors (Lipinski definition) is 4. The van der Waals surface area contributed by atoms with Crippen LogP contribution in [0.15, 0.2) is 9.52 Å². The smallest absolute Gasteiger partial charge is 0.191 e. The molecule has 3 N–H and O–H groups in total. The summed E-state index contributed by atoms with van der Waals surface area (Å²) in [6, 6.07) is 0. The molecular weight excluding hydrogens is 280 g/mol. The van der Waals surface area contributed by atoms with Crippen molar-refractivity contribution in [2.75, 3.05) is 13.6 Å². The molecule has 1 saturated carbocycles.